The molecule has 0 aliphatic rings. The van der Waals surface area contributed by atoms with Gasteiger partial charge in [0, 0.05) is 6.54 Å². The zero-order valence-corrected chi connectivity index (χ0v) is 8.50. The highest BCUT2D eigenvalue weighted by Crippen LogP contribution is 2.14. The molecule has 0 unspecified atom stereocenters. The first-order valence-corrected chi connectivity index (χ1v) is 4.89. The van der Waals surface area contributed by atoms with E-state index in [-0.39, 0.29) is 0 Å². The maximum atomic E-state index is 4.06. The number of hydrogen-bond acceptors (Lipinski definition) is 1. The average Bonchev–Trinajstić information content (AvgIpc) is 2.25. The van der Waals surface area contributed by atoms with Crippen LogP contribution in [0.25, 0.3) is 5.57 Å². The zero-order valence-electron chi connectivity index (χ0n) is 8.50. The van der Waals surface area contributed by atoms with E-state index in [0.29, 0.717) is 0 Å². The number of rotatable bonds is 6. The quantitative estimate of drug-likeness (QED) is 0.533. The Bertz CT molecular complexity index is 287. The van der Waals surface area contributed by atoms with Crippen molar-refractivity contribution in [3.8, 4) is 0 Å². The van der Waals surface area contributed by atoms with E-state index in [4.69, 9.17) is 0 Å². The van der Waals surface area contributed by atoms with Crippen molar-refractivity contribution in [2.24, 2.45) is 0 Å². The summed E-state index contributed by atoms with van der Waals surface area (Å²) < 4.78 is 0. The minimum atomic E-state index is 0.863. The van der Waals surface area contributed by atoms with Gasteiger partial charge in [0.05, 0.1) is 0 Å². The summed E-state index contributed by atoms with van der Waals surface area (Å²) in [5, 5.41) is 3.26. The molecule has 74 valence electrons. The summed E-state index contributed by atoms with van der Waals surface area (Å²) in [5.41, 5.74) is 2.41. The van der Waals surface area contributed by atoms with Crippen molar-refractivity contribution >= 4 is 5.57 Å². The van der Waals surface area contributed by atoms with Gasteiger partial charge < -0.3 is 5.32 Å². The summed E-state index contributed by atoms with van der Waals surface area (Å²) in [6.45, 7) is 9.53. The average molecular weight is 187 g/mol. The predicted octanol–water partition coefficient (Wildman–Crippen LogP) is 2.87. The molecule has 0 saturated heterocycles. The van der Waals surface area contributed by atoms with Crippen molar-refractivity contribution in [3.63, 3.8) is 0 Å². The predicted molar refractivity (Wildman–Crippen MR) is 63.2 cm³/mol. The molecule has 1 aromatic carbocycles. The Morgan fingerprint density at radius 3 is 2.64 bits per heavy atom. The second-order valence-corrected chi connectivity index (χ2v) is 3.21. The minimum absolute atomic E-state index is 0.863. The lowest BCUT2D eigenvalue weighted by molar-refractivity contribution is 0.764. The number of nitrogens with one attached hydrogen (secondary N) is 1. The zero-order chi connectivity index (χ0) is 10.2. The second kappa shape index (κ2) is 6.17. The molecular formula is C13H17N. The lowest BCUT2D eigenvalue weighted by Gasteiger charge is -2.05. The molecule has 1 aromatic rings. The van der Waals surface area contributed by atoms with Crippen LogP contribution in [0, 0.1) is 0 Å². The van der Waals surface area contributed by atoms with Crippen molar-refractivity contribution in [1.29, 1.82) is 0 Å². The Labute approximate surface area is 86.2 Å². The summed E-state index contributed by atoms with van der Waals surface area (Å²) in [7, 11) is 0. The Morgan fingerprint density at radius 1 is 1.29 bits per heavy atom. The van der Waals surface area contributed by atoms with Crippen molar-refractivity contribution in [2.75, 3.05) is 13.1 Å². The molecular weight excluding hydrogens is 170 g/mol. The molecule has 0 atom stereocenters. The molecule has 0 amide bonds. The van der Waals surface area contributed by atoms with E-state index in [2.05, 4.69) is 30.6 Å². The fraction of sp³-hybridized carbons (Fsp3) is 0.231. The fourth-order valence-electron chi connectivity index (χ4n) is 1.26. The van der Waals surface area contributed by atoms with Crippen molar-refractivity contribution in [3.05, 3.63) is 55.1 Å². The third kappa shape index (κ3) is 3.58. The first-order chi connectivity index (χ1) is 6.84. The SMILES string of the molecule is C=CCNCCC(=C)c1ccccc1. The fourth-order valence-corrected chi connectivity index (χ4v) is 1.26. The Morgan fingerprint density at radius 2 is 2.00 bits per heavy atom. The van der Waals surface area contributed by atoms with E-state index in [1.807, 2.05) is 24.3 Å². The van der Waals surface area contributed by atoms with Gasteiger partial charge in [0.25, 0.3) is 0 Å². The van der Waals surface area contributed by atoms with Crippen LogP contribution in [0.5, 0.6) is 0 Å². The molecule has 0 spiro atoms. The van der Waals surface area contributed by atoms with Crippen LogP contribution < -0.4 is 5.32 Å². The molecule has 0 saturated carbocycles. The van der Waals surface area contributed by atoms with Crippen LogP contribution in [-0.4, -0.2) is 13.1 Å². The van der Waals surface area contributed by atoms with Crippen LogP contribution in [0.3, 0.4) is 0 Å². The lowest BCUT2D eigenvalue weighted by Crippen LogP contribution is -2.14. The van der Waals surface area contributed by atoms with E-state index in [0.717, 1.165) is 19.5 Å². The summed E-state index contributed by atoms with van der Waals surface area (Å²) in [5.74, 6) is 0. The van der Waals surface area contributed by atoms with Crippen molar-refractivity contribution in [2.45, 2.75) is 6.42 Å². The Balaban J connectivity index is 2.32. The molecule has 0 aliphatic carbocycles. The molecule has 1 rings (SSSR count). The van der Waals surface area contributed by atoms with Crippen LogP contribution >= 0.6 is 0 Å². The third-order valence-electron chi connectivity index (χ3n) is 2.07. The van der Waals surface area contributed by atoms with Crippen LogP contribution in [0.1, 0.15) is 12.0 Å². The molecule has 1 N–H and O–H groups in total. The Kier molecular flexibility index (Phi) is 4.73. The van der Waals surface area contributed by atoms with Gasteiger partial charge in [-0.15, -0.1) is 6.58 Å². The summed E-state index contributed by atoms with van der Waals surface area (Å²) in [6, 6.07) is 10.3. The van der Waals surface area contributed by atoms with Crippen molar-refractivity contribution in [1.82, 2.24) is 5.32 Å². The molecule has 0 radical (unpaired) electrons. The summed E-state index contributed by atoms with van der Waals surface area (Å²) >= 11 is 0. The summed E-state index contributed by atoms with van der Waals surface area (Å²) in [4.78, 5) is 0. The number of hydrogen-bond donors (Lipinski definition) is 1. The standard InChI is InChI=1S/C13H17N/c1-3-10-14-11-9-12(2)13-7-5-4-6-8-13/h3-8,14H,1-2,9-11H2. The van der Waals surface area contributed by atoms with Gasteiger partial charge in [-0.3, -0.25) is 0 Å². The molecule has 1 heteroatoms. The van der Waals surface area contributed by atoms with E-state index in [1.165, 1.54) is 11.1 Å². The van der Waals surface area contributed by atoms with E-state index in [1.54, 1.807) is 0 Å². The van der Waals surface area contributed by atoms with Gasteiger partial charge in [0.1, 0.15) is 0 Å². The molecule has 14 heavy (non-hydrogen) atoms. The molecule has 1 nitrogen and oxygen atoms in total. The van der Waals surface area contributed by atoms with Gasteiger partial charge in [-0.05, 0) is 24.1 Å². The largest absolute Gasteiger partial charge is 0.313 e. The van der Waals surface area contributed by atoms with E-state index >= 15 is 0 Å². The van der Waals surface area contributed by atoms with Gasteiger partial charge in [-0.2, -0.15) is 0 Å². The van der Waals surface area contributed by atoms with Gasteiger partial charge in [-0.25, -0.2) is 0 Å². The van der Waals surface area contributed by atoms with Gasteiger partial charge in [0.15, 0.2) is 0 Å². The Hall–Kier alpha value is -1.34. The van der Waals surface area contributed by atoms with Gasteiger partial charge >= 0.3 is 0 Å². The van der Waals surface area contributed by atoms with Crippen molar-refractivity contribution < 1.29 is 0 Å². The topological polar surface area (TPSA) is 12.0 Å². The molecule has 0 aromatic heterocycles. The van der Waals surface area contributed by atoms with Crippen LogP contribution in [0.2, 0.25) is 0 Å². The first-order valence-electron chi connectivity index (χ1n) is 4.89. The third-order valence-corrected chi connectivity index (χ3v) is 2.07. The highest BCUT2D eigenvalue weighted by Gasteiger charge is 1.96. The molecule has 0 fully saturated rings. The molecule has 0 heterocycles. The van der Waals surface area contributed by atoms with E-state index in [9.17, 15) is 0 Å². The first kappa shape index (κ1) is 10.7. The van der Waals surface area contributed by atoms with Crippen LogP contribution in [0.15, 0.2) is 49.6 Å². The number of benzene rings is 1. The highest BCUT2D eigenvalue weighted by atomic mass is 14.8. The highest BCUT2D eigenvalue weighted by molar-refractivity contribution is 5.63. The normalized spacial score (nSPS) is 9.71. The maximum absolute atomic E-state index is 4.06. The minimum Gasteiger partial charge on any atom is -0.313 e. The molecule has 0 aliphatic heterocycles. The van der Waals surface area contributed by atoms with Crippen LogP contribution in [0.4, 0.5) is 0 Å². The monoisotopic (exact) mass is 187 g/mol. The summed E-state index contributed by atoms with van der Waals surface area (Å²) in [6.07, 6.45) is 2.85. The van der Waals surface area contributed by atoms with E-state index < -0.39 is 0 Å². The smallest absolute Gasteiger partial charge is 0.0132 e. The second-order valence-electron chi connectivity index (χ2n) is 3.21. The van der Waals surface area contributed by atoms with Gasteiger partial charge in [-0.1, -0.05) is 43.0 Å². The maximum Gasteiger partial charge on any atom is 0.0132 e. The lowest BCUT2D eigenvalue weighted by atomic mass is 10.1. The van der Waals surface area contributed by atoms with Gasteiger partial charge in [0.2, 0.25) is 0 Å². The molecule has 0 bridgehead atoms. The van der Waals surface area contributed by atoms with Crippen LogP contribution in [-0.2, 0) is 0 Å².